The molecule has 0 spiro atoms. The third-order valence-corrected chi connectivity index (χ3v) is 4.14. The average Bonchev–Trinajstić information content (AvgIpc) is 2.94. The van der Waals surface area contributed by atoms with Crippen molar-refractivity contribution in [3.05, 3.63) is 70.3 Å². The highest BCUT2D eigenvalue weighted by Gasteiger charge is 2.39. The predicted octanol–water partition coefficient (Wildman–Crippen LogP) is 2.95. The molecule has 2 aromatic rings. The van der Waals surface area contributed by atoms with Crippen molar-refractivity contribution < 1.29 is 19.2 Å². The number of carbonyl (C=O) groups excluding carboxylic acids is 2. The van der Waals surface area contributed by atoms with Gasteiger partial charge < -0.3 is 9.64 Å². The summed E-state index contributed by atoms with van der Waals surface area (Å²) in [5.41, 5.74) is 0.879. The van der Waals surface area contributed by atoms with Gasteiger partial charge in [0, 0.05) is 23.4 Å². The zero-order valence-corrected chi connectivity index (χ0v) is 13.5. The van der Waals surface area contributed by atoms with Crippen molar-refractivity contribution >= 4 is 23.3 Å². The average molecular weight is 340 g/mol. The van der Waals surface area contributed by atoms with Crippen LogP contribution >= 0.6 is 0 Å². The molecule has 1 heterocycles. The molecule has 7 nitrogen and oxygen atoms in total. The van der Waals surface area contributed by atoms with Crippen molar-refractivity contribution in [2.45, 2.75) is 25.5 Å². The van der Waals surface area contributed by atoms with E-state index in [1.165, 1.54) is 29.2 Å². The van der Waals surface area contributed by atoms with Gasteiger partial charge in [0.2, 0.25) is 0 Å². The maximum Gasteiger partial charge on any atom is 0.308 e. The first-order valence-corrected chi connectivity index (χ1v) is 7.80. The molecule has 2 unspecified atom stereocenters. The number of nitro groups is 1. The van der Waals surface area contributed by atoms with Crippen molar-refractivity contribution in [1.82, 2.24) is 0 Å². The van der Waals surface area contributed by atoms with Gasteiger partial charge >= 0.3 is 5.97 Å². The molecule has 3 rings (SSSR count). The third-order valence-electron chi connectivity index (χ3n) is 4.14. The van der Waals surface area contributed by atoms with Crippen LogP contribution in [0.5, 0.6) is 0 Å². The summed E-state index contributed by atoms with van der Waals surface area (Å²) < 4.78 is 5.18. The normalized spacial score (nSPS) is 19.3. The summed E-state index contributed by atoms with van der Waals surface area (Å²) in [6.45, 7) is 1.73. The lowest BCUT2D eigenvalue weighted by Gasteiger charge is -2.30. The van der Waals surface area contributed by atoms with Crippen molar-refractivity contribution in [2.75, 3.05) is 4.90 Å². The number of anilines is 1. The van der Waals surface area contributed by atoms with Gasteiger partial charge in [0.1, 0.15) is 6.10 Å². The van der Waals surface area contributed by atoms with E-state index < -0.39 is 17.1 Å². The predicted molar refractivity (Wildman–Crippen MR) is 90.3 cm³/mol. The van der Waals surface area contributed by atoms with Gasteiger partial charge in [-0.05, 0) is 31.2 Å². The highest BCUT2D eigenvalue weighted by atomic mass is 16.6. The van der Waals surface area contributed by atoms with Crippen LogP contribution in [0.25, 0.3) is 0 Å². The van der Waals surface area contributed by atoms with E-state index in [4.69, 9.17) is 4.74 Å². The lowest BCUT2D eigenvalue weighted by Crippen LogP contribution is -2.44. The molecule has 2 atom stereocenters. The summed E-state index contributed by atoms with van der Waals surface area (Å²) in [6.07, 6.45) is -0.383. The first-order chi connectivity index (χ1) is 12.0. The molecular formula is C18H16N2O5. The SMILES string of the molecule is CC1OC(=O)CC1N(C(=O)c1ccccc1)c1ccc([N+](=O)[O-])cc1. The minimum atomic E-state index is -0.502. The second kappa shape index (κ2) is 6.72. The van der Waals surface area contributed by atoms with Crippen molar-refractivity contribution in [2.24, 2.45) is 0 Å². The fraction of sp³-hybridized carbons (Fsp3) is 0.222. The number of nitro benzene ring substituents is 1. The summed E-state index contributed by atoms with van der Waals surface area (Å²) in [4.78, 5) is 36.5. The number of hydrogen-bond donors (Lipinski definition) is 0. The van der Waals surface area contributed by atoms with Crippen LogP contribution in [0.15, 0.2) is 54.6 Å². The van der Waals surface area contributed by atoms with E-state index in [0.717, 1.165) is 0 Å². The fourth-order valence-corrected chi connectivity index (χ4v) is 2.89. The summed E-state index contributed by atoms with van der Waals surface area (Å²) >= 11 is 0. The molecule has 0 saturated carbocycles. The number of nitrogens with zero attached hydrogens (tertiary/aromatic N) is 2. The van der Waals surface area contributed by atoms with Crippen LogP contribution in [0.3, 0.4) is 0 Å². The molecule has 0 bridgehead atoms. The Labute approximate surface area is 144 Å². The minimum Gasteiger partial charge on any atom is -0.460 e. The van der Waals surface area contributed by atoms with Gasteiger partial charge in [0.15, 0.2) is 0 Å². The van der Waals surface area contributed by atoms with Gasteiger partial charge in [-0.1, -0.05) is 18.2 Å². The Morgan fingerprint density at radius 3 is 2.32 bits per heavy atom. The molecule has 1 saturated heterocycles. The van der Waals surface area contributed by atoms with Crippen LogP contribution in [-0.2, 0) is 9.53 Å². The quantitative estimate of drug-likeness (QED) is 0.485. The Morgan fingerprint density at radius 2 is 1.80 bits per heavy atom. The van der Waals surface area contributed by atoms with Gasteiger partial charge in [-0.25, -0.2) is 0 Å². The summed E-state index contributed by atoms with van der Waals surface area (Å²) in [7, 11) is 0. The zero-order valence-electron chi connectivity index (χ0n) is 13.5. The van der Waals surface area contributed by atoms with Crippen LogP contribution < -0.4 is 4.90 Å². The highest BCUT2D eigenvalue weighted by molar-refractivity contribution is 6.07. The Bertz CT molecular complexity index is 804. The van der Waals surface area contributed by atoms with Gasteiger partial charge in [-0.3, -0.25) is 19.7 Å². The first-order valence-electron chi connectivity index (χ1n) is 7.80. The number of ether oxygens (including phenoxy) is 1. The number of carbonyl (C=O) groups is 2. The Morgan fingerprint density at radius 1 is 1.16 bits per heavy atom. The van der Waals surface area contributed by atoms with E-state index >= 15 is 0 Å². The van der Waals surface area contributed by atoms with Gasteiger partial charge in [0.05, 0.1) is 17.4 Å². The van der Waals surface area contributed by atoms with Crippen molar-refractivity contribution in [1.29, 1.82) is 0 Å². The summed E-state index contributed by atoms with van der Waals surface area (Å²) in [5.74, 6) is -0.658. The van der Waals surface area contributed by atoms with Gasteiger partial charge in [0.25, 0.3) is 11.6 Å². The number of non-ortho nitro benzene ring substituents is 1. The molecule has 1 amide bonds. The monoisotopic (exact) mass is 340 g/mol. The molecule has 0 N–H and O–H groups in total. The van der Waals surface area contributed by atoms with Crippen LogP contribution in [0.1, 0.15) is 23.7 Å². The largest absolute Gasteiger partial charge is 0.460 e. The van der Waals surface area contributed by atoms with E-state index in [-0.39, 0.29) is 24.0 Å². The Hall–Kier alpha value is -3.22. The maximum absolute atomic E-state index is 13.0. The molecular weight excluding hydrogens is 324 g/mol. The third kappa shape index (κ3) is 3.35. The highest BCUT2D eigenvalue weighted by Crippen LogP contribution is 2.29. The molecule has 0 radical (unpaired) electrons. The smallest absolute Gasteiger partial charge is 0.308 e. The number of benzene rings is 2. The molecule has 1 aliphatic rings. The first kappa shape index (κ1) is 16.6. The summed E-state index contributed by atoms with van der Waals surface area (Å²) in [5, 5.41) is 10.8. The zero-order chi connectivity index (χ0) is 18.0. The summed E-state index contributed by atoms with van der Waals surface area (Å²) in [6, 6.07) is 13.9. The molecule has 7 heteroatoms. The number of esters is 1. The molecule has 0 aliphatic carbocycles. The molecule has 128 valence electrons. The van der Waals surface area contributed by atoms with E-state index in [1.807, 2.05) is 0 Å². The van der Waals surface area contributed by atoms with E-state index in [0.29, 0.717) is 11.3 Å². The van der Waals surface area contributed by atoms with Crippen molar-refractivity contribution in [3.63, 3.8) is 0 Å². The number of rotatable bonds is 4. The van der Waals surface area contributed by atoms with E-state index in [1.54, 1.807) is 37.3 Å². The molecule has 1 fully saturated rings. The molecule has 2 aromatic carbocycles. The lowest BCUT2D eigenvalue weighted by atomic mass is 10.1. The topological polar surface area (TPSA) is 89.8 Å². The molecule has 25 heavy (non-hydrogen) atoms. The minimum absolute atomic E-state index is 0.0670. The van der Waals surface area contributed by atoms with Crippen LogP contribution in [0.2, 0.25) is 0 Å². The second-order valence-corrected chi connectivity index (χ2v) is 5.78. The lowest BCUT2D eigenvalue weighted by molar-refractivity contribution is -0.384. The Kier molecular flexibility index (Phi) is 4.47. The van der Waals surface area contributed by atoms with Crippen LogP contribution in [-0.4, -0.2) is 28.9 Å². The standard InChI is InChI=1S/C18H16N2O5/c1-12-16(11-17(21)25-12)19(18(22)13-5-3-2-4-6-13)14-7-9-15(10-8-14)20(23)24/h2-10,12,16H,11H2,1H3. The van der Waals surface area contributed by atoms with Crippen LogP contribution in [0.4, 0.5) is 11.4 Å². The molecule has 0 aromatic heterocycles. The van der Waals surface area contributed by atoms with Gasteiger partial charge in [-0.2, -0.15) is 0 Å². The van der Waals surface area contributed by atoms with E-state index in [2.05, 4.69) is 0 Å². The van der Waals surface area contributed by atoms with Gasteiger partial charge in [-0.15, -0.1) is 0 Å². The van der Waals surface area contributed by atoms with Crippen molar-refractivity contribution in [3.8, 4) is 0 Å². The second-order valence-electron chi connectivity index (χ2n) is 5.78. The number of hydrogen-bond acceptors (Lipinski definition) is 5. The maximum atomic E-state index is 13.0. The number of amides is 1. The fourth-order valence-electron chi connectivity index (χ4n) is 2.89. The number of cyclic esters (lactones) is 1. The van der Waals surface area contributed by atoms with Crippen LogP contribution in [0, 0.1) is 10.1 Å². The Balaban J connectivity index is 2.01. The molecule has 1 aliphatic heterocycles. The van der Waals surface area contributed by atoms with E-state index in [9.17, 15) is 19.7 Å².